The Hall–Kier alpha value is -1.64. The molecule has 110 valence electrons. The van der Waals surface area contributed by atoms with Crippen molar-refractivity contribution in [3.8, 4) is 0 Å². The number of nitrogens with one attached hydrogen (secondary N) is 1. The highest BCUT2D eigenvalue weighted by Gasteiger charge is 2.19. The molecule has 1 unspecified atom stereocenters. The van der Waals surface area contributed by atoms with E-state index >= 15 is 0 Å². The van der Waals surface area contributed by atoms with Gasteiger partial charge in [-0.25, -0.2) is 0 Å². The van der Waals surface area contributed by atoms with Gasteiger partial charge in [0.25, 0.3) is 0 Å². The number of benzene rings is 2. The number of aryl methyl sites for hydroxylation is 1. The van der Waals surface area contributed by atoms with Crippen molar-refractivity contribution in [3.05, 3.63) is 70.8 Å². The molecule has 0 fully saturated rings. The molecule has 0 aromatic heterocycles. The van der Waals surface area contributed by atoms with E-state index in [4.69, 9.17) is 4.74 Å². The first-order valence-electron chi connectivity index (χ1n) is 7.75. The zero-order chi connectivity index (χ0) is 14.5. The van der Waals surface area contributed by atoms with Gasteiger partial charge in [0.1, 0.15) is 0 Å². The van der Waals surface area contributed by atoms with Crippen LogP contribution in [0.3, 0.4) is 0 Å². The number of hydrogen-bond acceptors (Lipinski definition) is 2. The molecule has 2 aromatic carbocycles. The van der Waals surface area contributed by atoms with Crippen LogP contribution in [0.4, 0.5) is 0 Å². The van der Waals surface area contributed by atoms with Gasteiger partial charge in [-0.2, -0.15) is 0 Å². The number of ether oxygens (including phenoxy) is 1. The van der Waals surface area contributed by atoms with Gasteiger partial charge in [-0.15, -0.1) is 0 Å². The SMILES string of the molecule is COCc1ccccc1CNC1CCCc2ccccc21. The molecule has 0 aliphatic heterocycles. The van der Waals surface area contributed by atoms with Crippen LogP contribution in [-0.4, -0.2) is 7.11 Å². The Morgan fingerprint density at radius 2 is 1.81 bits per heavy atom. The zero-order valence-electron chi connectivity index (χ0n) is 12.6. The Kier molecular flexibility index (Phi) is 4.69. The van der Waals surface area contributed by atoms with Gasteiger partial charge in [0.2, 0.25) is 0 Å². The second kappa shape index (κ2) is 6.88. The van der Waals surface area contributed by atoms with E-state index in [1.165, 1.54) is 41.5 Å². The fourth-order valence-corrected chi connectivity index (χ4v) is 3.23. The average molecular weight is 281 g/mol. The van der Waals surface area contributed by atoms with E-state index in [1.54, 1.807) is 7.11 Å². The molecule has 3 rings (SSSR count). The van der Waals surface area contributed by atoms with Crippen LogP contribution in [0.5, 0.6) is 0 Å². The molecular weight excluding hydrogens is 258 g/mol. The van der Waals surface area contributed by atoms with Crippen molar-refractivity contribution in [2.75, 3.05) is 7.11 Å². The van der Waals surface area contributed by atoms with Gasteiger partial charge in [-0.1, -0.05) is 48.5 Å². The lowest BCUT2D eigenvalue weighted by atomic mass is 9.87. The zero-order valence-corrected chi connectivity index (χ0v) is 12.6. The molecule has 0 amide bonds. The summed E-state index contributed by atoms with van der Waals surface area (Å²) in [6, 6.07) is 17.8. The van der Waals surface area contributed by atoms with Crippen LogP contribution in [0, 0.1) is 0 Å². The number of methoxy groups -OCH3 is 1. The highest BCUT2D eigenvalue weighted by molar-refractivity contribution is 5.33. The van der Waals surface area contributed by atoms with Gasteiger partial charge in [-0.3, -0.25) is 0 Å². The van der Waals surface area contributed by atoms with Crippen molar-refractivity contribution < 1.29 is 4.74 Å². The highest BCUT2D eigenvalue weighted by atomic mass is 16.5. The monoisotopic (exact) mass is 281 g/mol. The van der Waals surface area contributed by atoms with Crippen LogP contribution in [0.1, 0.15) is 41.1 Å². The van der Waals surface area contributed by atoms with Crippen molar-refractivity contribution in [1.82, 2.24) is 5.32 Å². The van der Waals surface area contributed by atoms with Crippen molar-refractivity contribution >= 4 is 0 Å². The third-order valence-corrected chi connectivity index (χ3v) is 4.33. The van der Waals surface area contributed by atoms with Crippen LogP contribution < -0.4 is 5.32 Å². The average Bonchev–Trinajstić information content (AvgIpc) is 2.54. The maximum absolute atomic E-state index is 5.29. The second-order valence-corrected chi connectivity index (χ2v) is 5.73. The fourth-order valence-electron chi connectivity index (χ4n) is 3.23. The molecule has 0 saturated heterocycles. The van der Waals surface area contributed by atoms with E-state index in [0.29, 0.717) is 12.6 Å². The second-order valence-electron chi connectivity index (χ2n) is 5.73. The molecule has 21 heavy (non-hydrogen) atoms. The summed E-state index contributed by atoms with van der Waals surface area (Å²) in [7, 11) is 1.75. The topological polar surface area (TPSA) is 21.3 Å². The summed E-state index contributed by atoms with van der Waals surface area (Å²) in [5, 5.41) is 3.74. The minimum absolute atomic E-state index is 0.477. The number of hydrogen-bond donors (Lipinski definition) is 1. The summed E-state index contributed by atoms with van der Waals surface area (Å²) in [4.78, 5) is 0. The van der Waals surface area contributed by atoms with Crippen LogP contribution in [0.15, 0.2) is 48.5 Å². The quantitative estimate of drug-likeness (QED) is 0.894. The van der Waals surface area contributed by atoms with Gasteiger partial charge in [0.15, 0.2) is 0 Å². The number of rotatable bonds is 5. The van der Waals surface area contributed by atoms with E-state index in [9.17, 15) is 0 Å². The largest absolute Gasteiger partial charge is 0.380 e. The summed E-state index contributed by atoms with van der Waals surface area (Å²) >= 11 is 0. The van der Waals surface area contributed by atoms with E-state index in [0.717, 1.165) is 6.54 Å². The standard InChI is InChI=1S/C19H23NO/c1-21-14-17-9-3-2-8-16(17)13-20-19-12-6-10-15-7-4-5-11-18(15)19/h2-5,7-9,11,19-20H,6,10,12-14H2,1H3. The van der Waals surface area contributed by atoms with Crippen LogP contribution >= 0.6 is 0 Å². The van der Waals surface area contributed by atoms with E-state index in [2.05, 4.69) is 53.8 Å². The Balaban J connectivity index is 1.72. The normalized spacial score (nSPS) is 17.5. The van der Waals surface area contributed by atoms with Crippen molar-refractivity contribution in [1.29, 1.82) is 0 Å². The molecule has 0 saturated carbocycles. The highest BCUT2D eigenvalue weighted by Crippen LogP contribution is 2.29. The molecule has 0 bridgehead atoms. The predicted octanol–water partition coefficient (Wildman–Crippen LogP) is 4.00. The molecule has 2 aromatic rings. The molecule has 2 heteroatoms. The Morgan fingerprint density at radius 3 is 2.67 bits per heavy atom. The lowest BCUT2D eigenvalue weighted by Gasteiger charge is -2.27. The van der Waals surface area contributed by atoms with Gasteiger partial charge in [-0.05, 0) is 41.5 Å². The maximum Gasteiger partial charge on any atom is 0.0716 e. The minimum Gasteiger partial charge on any atom is -0.380 e. The lowest BCUT2D eigenvalue weighted by molar-refractivity contribution is 0.184. The van der Waals surface area contributed by atoms with Gasteiger partial charge in [0.05, 0.1) is 6.61 Å². The van der Waals surface area contributed by atoms with E-state index in [-0.39, 0.29) is 0 Å². The first-order valence-corrected chi connectivity index (χ1v) is 7.75. The molecule has 2 nitrogen and oxygen atoms in total. The van der Waals surface area contributed by atoms with Crippen LogP contribution in [0.2, 0.25) is 0 Å². The summed E-state index contributed by atoms with van der Waals surface area (Å²) in [6.45, 7) is 1.58. The minimum atomic E-state index is 0.477. The molecule has 1 aliphatic carbocycles. The summed E-state index contributed by atoms with van der Waals surface area (Å²) in [6.07, 6.45) is 3.71. The predicted molar refractivity (Wildman–Crippen MR) is 86.1 cm³/mol. The molecule has 1 aliphatic rings. The summed E-state index contributed by atoms with van der Waals surface area (Å²) < 4.78 is 5.29. The third-order valence-electron chi connectivity index (χ3n) is 4.33. The van der Waals surface area contributed by atoms with Crippen LogP contribution in [0.25, 0.3) is 0 Å². The van der Waals surface area contributed by atoms with Gasteiger partial charge >= 0.3 is 0 Å². The van der Waals surface area contributed by atoms with Gasteiger partial charge in [0, 0.05) is 19.7 Å². The molecule has 0 spiro atoms. The van der Waals surface area contributed by atoms with Gasteiger partial charge < -0.3 is 10.1 Å². The van der Waals surface area contributed by atoms with Crippen molar-refractivity contribution in [3.63, 3.8) is 0 Å². The molecule has 0 radical (unpaired) electrons. The molecular formula is C19H23NO. The molecule has 0 heterocycles. The van der Waals surface area contributed by atoms with Crippen LogP contribution in [-0.2, 0) is 24.3 Å². The number of fused-ring (bicyclic) bond motifs is 1. The fraction of sp³-hybridized carbons (Fsp3) is 0.368. The first kappa shape index (κ1) is 14.3. The van der Waals surface area contributed by atoms with E-state index in [1.807, 2.05) is 0 Å². The Morgan fingerprint density at radius 1 is 1.05 bits per heavy atom. The van der Waals surface area contributed by atoms with Crippen molar-refractivity contribution in [2.45, 2.75) is 38.5 Å². The summed E-state index contributed by atoms with van der Waals surface area (Å²) in [5.74, 6) is 0. The smallest absolute Gasteiger partial charge is 0.0716 e. The van der Waals surface area contributed by atoms with E-state index < -0.39 is 0 Å². The molecule has 1 N–H and O–H groups in total. The summed E-state index contributed by atoms with van der Waals surface area (Å²) in [5.41, 5.74) is 5.60. The Labute approximate surface area is 127 Å². The first-order chi connectivity index (χ1) is 10.4. The van der Waals surface area contributed by atoms with Crippen molar-refractivity contribution in [2.24, 2.45) is 0 Å². The Bertz CT molecular complexity index is 594. The third kappa shape index (κ3) is 3.34. The lowest BCUT2D eigenvalue weighted by Crippen LogP contribution is -2.25. The molecule has 1 atom stereocenters. The maximum atomic E-state index is 5.29.